The maximum Gasteiger partial charge on any atom is -0.00176 e. The van der Waals surface area contributed by atoms with E-state index in [1.807, 2.05) is 0 Å². The van der Waals surface area contributed by atoms with E-state index in [0.29, 0.717) is 5.41 Å². The Morgan fingerprint density at radius 1 is 0.875 bits per heavy atom. The van der Waals surface area contributed by atoms with Crippen molar-refractivity contribution in [2.24, 2.45) is 29.1 Å². The maximum absolute atomic E-state index is 3.62. The van der Waals surface area contributed by atoms with Crippen LogP contribution in [-0.2, 0) is 0 Å². The van der Waals surface area contributed by atoms with Crippen molar-refractivity contribution in [2.45, 2.75) is 53.4 Å². The van der Waals surface area contributed by atoms with Gasteiger partial charge >= 0.3 is 0 Å². The van der Waals surface area contributed by atoms with Crippen LogP contribution < -0.4 is 5.32 Å². The first-order chi connectivity index (χ1) is 7.46. The summed E-state index contributed by atoms with van der Waals surface area (Å²) in [4.78, 5) is 0. The average molecular weight is 223 g/mol. The van der Waals surface area contributed by atoms with E-state index in [1.54, 1.807) is 0 Å². The van der Waals surface area contributed by atoms with Crippen molar-refractivity contribution in [3.8, 4) is 0 Å². The lowest BCUT2D eigenvalue weighted by Crippen LogP contribution is -2.41. The molecule has 1 heteroatoms. The molecule has 1 aliphatic carbocycles. The minimum Gasteiger partial charge on any atom is -0.316 e. The van der Waals surface area contributed by atoms with Gasteiger partial charge in [-0.1, -0.05) is 27.7 Å². The molecule has 2 fully saturated rings. The van der Waals surface area contributed by atoms with Crippen molar-refractivity contribution < 1.29 is 0 Å². The largest absolute Gasteiger partial charge is 0.316 e. The summed E-state index contributed by atoms with van der Waals surface area (Å²) in [6, 6.07) is 0. The van der Waals surface area contributed by atoms with Crippen LogP contribution in [0.25, 0.3) is 0 Å². The highest BCUT2D eigenvalue weighted by Gasteiger charge is 2.36. The Balaban J connectivity index is 1.97. The lowest BCUT2D eigenvalue weighted by atomic mass is 9.63. The highest BCUT2D eigenvalue weighted by molar-refractivity contribution is 4.88. The van der Waals surface area contributed by atoms with E-state index in [4.69, 9.17) is 0 Å². The van der Waals surface area contributed by atoms with Gasteiger partial charge in [0, 0.05) is 0 Å². The molecular weight excluding hydrogens is 194 g/mol. The quantitative estimate of drug-likeness (QED) is 0.715. The molecule has 16 heavy (non-hydrogen) atoms. The zero-order valence-electron chi connectivity index (χ0n) is 11.6. The second kappa shape index (κ2) is 4.68. The van der Waals surface area contributed by atoms with Crippen LogP contribution in [0.4, 0.5) is 0 Å². The maximum atomic E-state index is 3.62. The lowest BCUT2D eigenvalue weighted by Gasteiger charge is -2.44. The van der Waals surface area contributed by atoms with Crippen LogP contribution in [0.2, 0.25) is 0 Å². The van der Waals surface area contributed by atoms with E-state index in [-0.39, 0.29) is 0 Å². The van der Waals surface area contributed by atoms with Crippen LogP contribution in [0.15, 0.2) is 0 Å². The topological polar surface area (TPSA) is 12.0 Å². The van der Waals surface area contributed by atoms with Crippen molar-refractivity contribution in [1.82, 2.24) is 5.32 Å². The lowest BCUT2D eigenvalue weighted by molar-refractivity contribution is 0.0759. The molecule has 0 aromatic carbocycles. The summed E-state index contributed by atoms with van der Waals surface area (Å²) < 4.78 is 0. The third kappa shape index (κ3) is 3.00. The summed E-state index contributed by atoms with van der Waals surface area (Å²) in [5, 5.41) is 3.62. The van der Waals surface area contributed by atoms with Crippen LogP contribution in [0.3, 0.4) is 0 Å². The Labute approximate surface area is 101 Å². The fraction of sp³-hybridized carbons (Fsp3) is 1.00. The van der Waals surface area contributed by atoms with Gasteiger partial charge < -0.3 is 5.32 Å². The van der Waals surface area contributed by atoms with Gasteiger partial charge in [0.25, 0.3) is 0 Å². The molecule has 1 heterocycles. The van der Waals surface area contributed by atoms with Gasteiger partial charge in [-0.15, -0.1) is 0 Å². The molecule has 1 saturated carbocycles. The first-order valence-electron chi connectivity index (χ1n) is 7.17. The number of hydrogen-bond acceptors (Lipinski definition) is 1. The van der Waals surface area contributed by atoms with Gasteiger partial charge in [-0.2, -0.15) is 0 Å². The molecule has 2 aliphatic rings. The van der Waals surface area contributed by atoms with Gasteiger partial charge in [-0.05, 0) is 67.9 Å². The molecule has 1 nitrogen and oxygen atoms in total. The number of rotatable bonds is 1. The first-order valence-corrected chi connectivity index (χ1v) is 7.17. The van der Waals surface area contributed by atoms with E-state index in [9.17, 15) is 0 Å². The van der Waals surface area contributed by atoms with Crippen molar-refractivity contribution in [3.63, 3.8) is 0 Å². The minimum absolute atomic E-state index is 0.586. The SMILES string of the molecule is CC1CNCC(C2CC(C)CC(C)(C)C2)C1. The summed E-state index contributed by atoms with van der Waals surface area (Å²) in [5.41, 5.74) is 0.586. The van der Waals surface area contributed by atoms with E-state index in [1.165, 1.54) is 38.8 Å². The first kappa shape index (κ1) is 12.4. The third-order valence-electron chi connectivity index (χ3n) is 4.69. The van der Waals surface area contributed by atoms with Crippen LogP contribution >= 0.6 is 0 Å². The van der Waals surface area contributed by atoms with Gasteiger partial charge in [0.2, 0.25) is 0 Å². The summed E-state index contributed by atoms with van der Waals surface area (Å²) in [7, 11) is 0. The summed E-state index contributed by atoms with van der Waals surface area (Å²) in [6.45, 7) is 12.3. The Kier molecular flexibility index (Phi) is 3.63. The summed E-state index contributed by atoms with van der Waals surface area (Å²) in [6.07, 6.45) is 5.82. The molecular formula is C15H29N. The molecule has 94 valence electrons. The van der Waals surface area contributed by atoms with Gasteiger partial charge in [0.15, 0.2) is 0 Å². The van der Waals surface area contributed by atoms with Crippen molar-refractivity contribution in [1.29, 1.82) is 0 Å². The predicted molar refractivity (Wildman–Crippen MR) is 70.4 cm³/mol. The average Bonchev–Trinajstić information content (AvgIpc) is 2.14. The third-order valence-corrected chi connectivity index (χ3v) is 4.69. The van der Waals surface area contributed by atoms with Crippen molar-refractivity contribution in [2.75, 3.05) is 13.1 Å². The summed E-state index contributed by atoms with van der Waals surface area (Å²) in [5.74, 6) is 3.75. The van der Waals surface area contributed by atoms with Gasteiger partial charge in [-0.25, -0.2) is 0 Å². The van der Waals surface area contributed by atoms with Crippen LogP contribution in [-0.4, -0.2) is 13.1 Å². The van der Waals surface area contributed by atoms with Crippen LogP contribution in [0.1, 0.15) is 53.4 Å². The van der Waals surface area contributed by atoms with E-state index < -0.39 is 0 Å². The molecule has 0 aromatic rings. The van der Waals surface area contributed by atoms with E-state index in [0.717, 1.165) is 23.7 Å². The molecule has 0 spiro atoms. The fourth-order valence-electron chi connectivity index (χ4n) is 4.34. The monoisotopic (exact) mass is 223 g/mol. The normalized spacial score (nSPS) is 44.2. The second-order valence-electron chi connectivity index (χ2n) is 7.43. The Hall–Kier alpha value is -0.0400. The number of nitrogens with one attached hydrogen (secondary N) is 1. The van der Waals surface area contributed by atoms with Crippen LogP contribution in [0.5, 0.6) is 0 Å². The van der Waals surface area contributed by atoms with Gasteiger partial charge in [0.05, 0.1) is 0 Å². The van der Waals surface area contributed by atoms with E-state index in [2.05, 4.69) is 33.0 Å². The molecule has 0 radical (unpaired) electrons. The van der Waals surface area contributed by atoms with Crippen LogP contribution in [0, 0.1) is 29.1 Å². The summed E-state index contributed by atoms with van der Waals surface area (Å²) >= 11 is 0. The molecule has 1 saturated heterocycles. The molecule has 1 aliphatic heterocycles. The van der Waals surface area contributed by atoms with E-state index >= 15 is 0 Å². The second-order valence-corrected chi connectivity index (χ2v) is 7.43. The molecule has 1 N–H and O–H groups in total. The smallest absolute Gasteiger partial charge is 0.00176 e. The minimum atomic E-state index is 0.586. The molecule has 0 bridgehead atoms. The number of piperidine rings is 1. The zero-order chi connectivity index (χ0) is 11.8. The fourth-order valence-corrected chi connectivity index (χ4v) is 4.34. The van der Waals surface area contributed by atoms with Gasteiger partial charge in [-0.3, -0.25) is 0 Å². The highest BCUT2D eigenvalue weighted by Crippen LogP contribution is 2.45. The Morgan fingerprint density at radius 3 is 2.19 bits per heavy atom. The molecule has 0 aromatic heterocycles. The Bertz CT molecular complexity index is 234. The van der Waals surface area contributed by atoms with Crippen molar-refractivity contribution >= 4 is 0 Å². The Morgan fingerprint density at radius 2 is 1.56 bits per heavy atom. The number of hydrogen-bond donors (Lipinski definition) is 1. The molecule has 0 amide bonds. The molecule has 4 atom stereocenters. The highest BCUT2D eigenvalue weighted by atomic mass is 14.9. The zero-order valence-corrected chi connectivity index (χ0v) is 11.6. The van der Waals surface area contributed by atoms with Gasteiger partial charge in [0.1, 0.15) is 0 Å². The standard InChI is InChI=1S/C15H29N/c1-11-5-13(8-15(3,4)7-11)14-6-12(2)9-16-10-14/h11-14,16H,5-10H2,1-4H3. The van der Waals surface area contributed by atoms with Crippen molar-refractivity contribution in [3.05, 3.63) is 0 Å². The predicted octanol–water partition coefficient (Wildman–Crippen LogP) is 3.69. The molecule has 4 unspecified atom stereocenters. The molecule has 2 rings (SSSR count).